The second-order valence-electron chi connectivity index (χ2n) is 8.64. The fraction of sp³-hybridized carbons (Fsp3) is 0.172. The second-order valence-corrected chi connectivity index (χ2v) is 8.64. The standard InChI is InChI=1S/C29H24O2/c1-31-27-17-22-24(18-26(27)30)29(21-13-6-3-7-14-21)23-15-9-8-12-20(23)16-25(29)28(22)19-10-4-2-5-11-19/h2-15,17-18,25,28,30H,16H2,1H3/t25-,28+,29+/m0/s1. The first-order valence-electron chi connectivity index (χ1n) is 10.9. The zero-order valence-corrected chi connectivity index (χ0v) is 17.5. The molecule has 1 N–H and O–H groups in total. The van der Waals surface area contributed by atoms with Crippen molar-refractivity contribution in [3.8, 4) is 11.5 Å². The zero-order chi connectivity index (χ0) is 21.0. The van der Waals surface area contributed by atoms with Gasteiger partial charge in [0.1, 0.15) is 0 Å². The van der Waals surface area contributed by atoms with Crippen molar-refractivity contribution in [1.29, 1.82) is 0 Å². The number of methoxy groups -OCH3 is 1. The SMILES string of the molecule is COc1cc2c(cc1O)[C@@]1(c3ccccc3)c3ccccc3C[C@H]1[C@@H]2c1ccccc1. The highest BCUT2D eigenvalue weighted by Crippen LogP contribution is 2.65. The molecule has 2 aliphatic carbocycles. The van der Waals surface area contributed by atoms with Crippen molar-refractivity contribution in [2.75, 3.05) is 7.11 Å². The zero-order valence-electron chi connectivity index (χ0n) is 17.5. The largest absolute Gasteiger partial charge is 0.504 e. The molecule has 3 atom stereocenters. The van der Waals surface area contributed by atoms with Gasteiger partial charge in [-0.05, 0) is 57.9 Å². The van der Waals surface area contributed by atoms with Gasteiger partial charge in [0.15, 0.2) is 11.5 Å². The summed E-state index contributed by atoms with van der Waals surface area (Å²) >= 11 is 0. The number of hydrogen-bond acceptors (Lipinski definition) is 2. The third-order valence-electron chi connectivity index (χ3n) is 7.34. The lowest BCUT2D eigenvalue weighted by Gasteiger charge is -2.34. The van der Waals surface area contributed by atoms with E-state index in [2.05, 4.69) is 91.0 Å². The molecular formula is C29H24O2. The molecule has 152 valence electrons. The minimum absolute atomic E-state index is 0.202. The lowest BCUT2D eigenvalue weighted by molar-refractivity contribution is 0.372. The predicted octanol–water partition coefficient (Wildman–Crippen LogP) is 6.05. The fourth-order valence-corrected chi connectivity index (χ4v) is 6.25. The van der Waals surface area contributed by atoms with Crippen LogP contribution in [0.15, 0.2) is 97.1 Å². The number of benzene rings is 4. The van der Waals surface area contributed by atoms with Gasteiger partial charge >= 0.3 is 0 Å². The molecule has 0 aromatic heterocycles. The van der Waals surface area contributed by atoms with Gasteiger partial charge in [0.2, 0.25) is 0 Å². The minimum Gasteiger partial charge on any atom is -0.504 e. The molecule has 31 heavy (non-hydrogen) atoms. The molecule has 0 amide bonds. The van der Waals surface area contributed by atoms with Crippen LogP contribution >= 0.6 is 0 Å². The second kappa shape index (κ2) is 6.75. The summed E-state index contributed by atoms with van der Waals surface area (Å²) in [5, 5.41) is 10.8. The van der Waals surface area contributed by atoms with Crippen LogP contribution in [0.25, 0.3) is 0 Å². The number of hydrogen-bond donors (Lipinski definition) is 1. The van der Waals surface area contributed by atoms with Crippen molar-refractivity contribution in [1.82, 2.24) is 0 Å². The molecule has 6 rings (SSSR count). The smallest absolute Gasteiger partial charge is 0.160 e. The van der Waals surface area contributed by atoms with Crippen molar-refractivity contribution in [3.63, 3.8) is 0 Å². The maximum Gasteiger partial charge on any atom is 0.160 e. The third kappa shape index (κ3) is 2.39. The average molecular weight is 405 g/mol. The topological polar surface area (TPSA) is 29.5 Å². The molecule has 4 aromatic carbocycles. The highest BCUT2D eigenvalue weighted by atomic mass is 16.5. The molecule has 0 spiro atoms. The Morgan fingerprint density at radius 2 is 1.48 bits per heavy atom. The summed E-state index contributed by atoms with van der Waals surface area (Å²) in [5.74, 6) is 1.29. The van der Waals surface area contributed by atoms with Crippen molar-refractivity contribution in [2.45, 2.75) is 17.8 Å². The van der Waals surface area contributed by atoms with E-state index in [-0.39, 0.29) is 17.1 Å². The first-order chi connectivity index (χ1) is 15.2. The lowest BCUT2D eigenvalue weighted by Crippen LogP contribution is -2.32. The Bertz CT molecular complexity index is 1260. The van der Waals surface area contributed by atoms with Crippen molar-refractivity contribution < 1.29 is 9.84 Å². The highest BCUT2D eigenvalue weighted by molar-refractivity contribution is 5.68. The van der Waals surface area contributed by atoms with E-state index >= 15 is 0 Å². The molecule has 2 heteroatoms. The monoisotopic (exact) mass is 404 g/mol. The van der Waals surface area contributed by atoms with Gasteiger partial charge in [0.25, 0.3) is 0 Å². The summed E-state index contributed by atoms with van der Waals surface area (Å²) in [7, 11) is 1.62. The molecule has 2 nitrogen and oxygen atoms in total. The summed E-state index contributed by atoms with van der Waals surface area (Å²) in [6.45, 7) is 0. The number of phenols is 1. The Labute approximate surface area is 182 Å². The van der Waals surface area contributed by atoms with E-state index in [1.54, 1.807) is 7.11 Å². The normalized spacial score (nSPS) is 23.1. The first kappa shape index (κ1) is 18.3. The summed E-state index contributed by atoms with van der Waals surface area (Å²) in [4.78, 5) is 0. The molecule has 0 heterocycles. The molecule has 0 aliphatic heterocycles. The number of aromatic hydroxyl groups is 1. The van der Waals surface area contributed by atoms with Gasteiger partial charge in [-0.2, -0.15) is 0 Å². The van der Waals surface area contributed by atoms with Crippen LogP contribution in [-0.2, 0) is 11.8 Å². The molecule has 2 aliphatic rings. The van der Waals surface area contributed by atoms with Crippen LogP contribution in [0.2, 0.25) is 0 Å². The van der Waals surface area contributed by atoms with Crippen molar-refractivity contribution in [2.24, 2.45) is 5.92 Å². The van der Waals surface area contributed by atoms with Gasteiger partial charge in [-0.25, -0.2) is 0 Å². The maximum atomic E-state index is 10.8. The Morgan fingerprint density at radius 1 is 0.806 bits per heavy atom. The lowest BCUT2D eigenvalue weighted by atomic mass is 9.67. The van der Waals surface area contributed by atoms with Crippen LogP contribution in [-0.4, -0.2) is 12.2 Å². The molecule has 0 fully saturated rings. The highest BCUT2D eigenvalue weighted by Gasteiger charge is 2.58. The van der Waals surface area contributed by atoms with Gasteiger partial charge in [-0.15, -0.1) is 0 Å². The van der Waals surface area contributed by atoms with E-state index in [1.165, 1.54) is 33.4 Å². The van der Waals surface area contributed by atoms with Crippen LogP contribution in [0, 0.1) is 5.92 Å². The van der Waals surface area contributed by atoms with Crippen molar-refractivity contribution in [3.05, 3.63) is 130 Å². The average Bonchev–Trinajstić information content (AvgIpc) is 3.29. The number of rotatable bonds is 3. The fourth-order valence-electron chi connectivity index (χ4n) is 6.25. The van der Waals surface area contributed by atoms with Gasteiger partial charge in [0, 0.05) is 11.3 Å². The first-order valence-corrected chi connectivity index (χ1v) is 10.9. The molecule has 4 aromatic rings. The van der Waals surface area contributed by atoms with Crippen LogP contribution in [0.3, 0.4) is 0 Å². The van der Waals surface area contributed by atoms with Crippen molar-refractivity contribution >= 4 is 0 Å². The molecule has 0 saturated heterocycles. The van der Waals surface area contributed by atoms with Gasteiger partial charge < -0.3 is 9.84 Å². The van der Waals surface area contributed by atoms with Crippen LogP contribution in [0.5, 0.6) is 11.5 Å². The Kier molecular flexibility index (Phi) is 3.97. The molecule has 0 bridgehead atoms. The molecule has 0 radical (unpaired) electrons. The summed E-state index contributed by atoms with van der Waals surface area (Å²) in [6, 6.07) is 34.5. The summed E-state index contributed by atoms with van der Waals surface area (Å²) < 4.78 is 5.53. The van der Waals surface area contributed by atoms with E-state index in [4.69, 9.17) is 4.74 Å². The molecule has 0 saturated carbocycles. The van der Waals surface area contributed by atoms with E-state index < -0.39 is 0 Å². The number of phenolic OH excluding ortho intramolecular Hbond substituents is 1. The van der Waals surface area contributed by atoms with Gasteiger partial charge in [-0.1, -0.05) is 84.9 Å². The summed E-state index contributed by atoms with van der Waals surface area (Å²) in [6.07, 6.45) is 1.00. The van der Waals surface area contributed by atoms with Crippen LogP contribution < -0.4 is 4.74 Å². The number of fused-ring (bicyclic) bond motifs is 5. The summed E-state index contributed by atoms with van der Waals surface area (Å²) in [5.41, 5.74) is 7.51. The number of ether oxygens (including phenoxy) is 1. The predicted molar refractivity (Wildman–Crippen MR) is 123 cm³/mol. The van der Waals surface area contributed by atoms with E-state index in [0.29, 0.717) is 11.7 Å². The Hall–Kier alpha value is -3.52. The quantitative estimate of drug-likeness (QED) is 0.450. The Morgan fingerprint density at radius 3 is 2.23 bits per heavy atom. The van der Waals surface area contributed by atoms with E-state index in [9.17, 15) is 5.11 Å². The minimum atomic E-state index is -0.294. The maximum absolute atomic E-state index is 10.8. The molecular weight excluding hydrogens is 380 g/mol. The van der Waals surface area contributed by atoms with Crippen LogP contribution in [0.1, 0.15) is 39.3 Å². The third-order valence-corrected chi connectivity index (χ3v) is 7.34. The van der Waals surface area contributed by atoms with Crippen LogP contribution in [0.4, 0.5) is 0 Å². The van der Waals surface area contributed by atoms with Gasteiger partial charge in [-0.3, -0.25) is 0 Å². The van der Waals surface area contributed by atoms with Gasteiger partial charge in [0.05, 0.1) is 7.11 Å². The Balaban J connectivity index is 1.74. The molecule has 0 unspecified atom stereocenters. The van der Waals surface area contributed by atoms with E-state index in [0.717, 1.165) is 6.42 Å². The van der Waals surface area contributed by atoms with E-state index in [1.807, 2.05) is 6.07 Å².